The Hall–Kier alpha value is -1.86. The highest BCUT2D eigenvalue weighted by atomic mass is 35.5. The highest BCUT2D eigenvalue weighted by Gasteiger charge is 2.30. The van der Waals surface area contributed by atoms with E-state index in [0.29, 0.717) is 23.1 Å². The van der Waals surface area contributed by atoms with Crippen molar-refractivity contribution >= 4 is 34.1 Å². The minimum atomic E-state index is -1.15. The van der Waals surface area contributed by atoms with Crippen LogP contribution in [-0.4, -0.2) is 36.2 Å². The maximum absolute atomic E-state index is 14.7. The molecule has 5 N–H and O–H groups in total. The number of hydrogen-bond acceptors (Lipinski definition) is 3. The number of piperidine rings is 1. The van der Waals surface area contributed by atoms with Crippen molar-refractivity contribution in [3.05, 3.63) is 28.2 Å². The molecular weight excluding hydrogens is 326 g/mol. The lowest BCUT2D eigenvalue weighted by Gasteiger charge is -2.35. The number of halogens is 3. The van der Waals surface area contributed by atoms with Gasteiger partial charge in [-0.1, -0.05) is 11.6 Å². The first-order valence-corrected chi connectivity index (χ1v) is 7.62. The molecule has 23 heavy (non-hydrogen) atoms. The molecule has 1 aliphatic rings. The fraction of sp³-hybridized carbons (Fsp3) is 0.400. The normalized spacial score (nSPS) is 21.9. The predicted octanol–water partition coefficient (Wildman–Crippen LogP) is 2.24. The molecule has 1 fully saturated rings. The number of H-pyrrole nitrogens is 1. The van der Waals surface area contributed by atoms with Crippen LogP contribution in [0.5, 0.6) is 0 Å². The molecule has 0 spiro atoms. The average molecular weight is 343 g/mol. The Labute approximate surface area is 136 Å². The predicted molar refractivity (Wildman–Crippen MR) is 86.2 cm³/mol. The fourth-order valence-electron chi connectivity index (χ4n) is 3.17. The second-order valence-electron chi connectivity index (χ2n) is 5.93. The van der Waals surface area contributed by atoms with E-state index in [1.165, 1.54) is 0 Å². The van der Waals surface area contributed by atoms with Gasteiger partial charge in [0.15, 0.2) is 0 Å². The van der Waals surface area contributed by atoms with Crippen LogP contribution in [0.3, 0.4) is 0 Å². The second-order valence-corrected chi connectivity index (χ2v) is 6.31. The molecule has 1 saturated heterocycles. The van der Waals surface area contributed by atoms with Crippen molar-refractivity contribution in [1.29, 1.82) is 0 Å². The smallest absolute Gasteiger partial charge is 0.250 e. The number of nitrogens with zero attached hydrogens (tertiary/aromatic N) is 1. The van der Waals surface area contributed by atoms with Crippen LogP contribution in [0, 0.1) is 12.7 Å². The number of aromatic amines is 1. The zero-order chi connectivity index (χ0) is 16.9. The van der Waals surface area contributed by atoms with E-state index in [9.17, 15) is 13.6 Å². The van der Waals surface area contributed by atoms with Crippen LogP contribution in [0.2, 0.25) is 5.02 Å². The number of nitrogens with two attached hydrogens (primary N) is 2. The van der Waals surface area contributed by atoms with Crippen LogP contribution in [0.25, 0.3) is 10.9 Å². The van der Waals surface area contributed by atoms with Crippen molar-refractivity contribution in [2.75, 3.05) is 18.0 Å². The molecule has 3 rings (SSSR count). The Morgan fingerprint density at radius 1 is 1.48 bits per heavy atom. The minimum absolute atomic E-state index is 0.00866. The van der Waals surface area contributed by atoms with Crippen LogP contribution < -0.4 is 16.4 Å². The highest BCUT2D eigenvalue weighted by molar-refractivity contribution is 6.38. The van der Waals surface area contributed by atoms with Gasteiger partial charge in [-0.2, -0.15) is 0 Å². The van der Waals surface area contributed by atoms with Gasteiger partial charge in [0.05, 0.1) is 21.8 Å². The van der Waals surface area contributed by atoms with Gasteiger partial charge < -0.3 is 21.4 Å². The van der Waals surface area contributed by atoms with Crippen LogP contribution in [-0.2, 0) is 0 Å². The zero-order valence-corrected chi connectivity index (χ0v) is 13.3. The summed E-state index contributed by atoms with van der Waals surface area (Å²) in [6, 6.07) is 0.655. The number of carbonyl (C=O) groups is 1. The molecule has 8 heteroatoms. The molecule has 2 aromatic rings. The molecule has 1 aliphatic heterocycles. The van der Waals surface area contributed by atoms with Gasteiger partial charge in [-0.05, 0) is 19.4 Å². The number of aromatic nitrogens is 1. The summed E-state index contributed by atoms with van der Waals surface area (Å²) in [5.74, 6) is -1.44. The zero-order valence-electron chi connectivity index (χ0n) is 12.5. The topological polar surface area (TPSA) is 88.1 Å². The number of aryl methyl sites for hydroxylation is 1. The summed E-state index contributed by atoms with van der Waals surface area (Å²) in [6.45, 7) is 2.04. The van der Waals surface area contributed by atoms with Crippen molar-refractivity contribution in [2.45, 2.75) is 25.6 Å². The quantitative estimate of drug-likeness (QED) is 0.782. The molecule has 0 saturated carbocycles. The van der Waals surface area contributed by atoms with Gasteiger partial charge in [-0.25, -0.2) is 8.78 Å². The summed E-state index contributed by atoms with van der Waals surface area (Å²) >= 11 is 6.29. The number of rotatable bonds is 2. The van der Waals surface area contributed by atoms with Gasteiger partial charge >= 0.3 is 0 Å². The van der Waals surface area contributed by atoms with Gasteiger partial charge in [0.25, 0.3) is 5.91 Å². The van der Waals surface area contributed by atoms with Crippen LogP contribution >= 0.6 is 11.6 Å². The molecule has 0 aliphatic carbocycles. The van der Waals surface area contributed by atoms with Crippen LogP contribution in [0.4, 0.5) is 14.5 Å². The summed E-state index contributed by atoms with van der Waals surface area (Å²) in [5, 5.41) is 0.616. The Morgan fingerprint density at radius 2 is 2.17 bits per heavy atom. The number of anilines is 1. The van der Waals surface area contributed by atoms with Crippen LogP contribution in [0.1, 0.15) is 22.5 Å². The van der Waals surface area contributed by atoms with Crippen molar-refractivity contribution in [2.24, 2.45) is 11.5 Å². The first kappa shape index (κ1) is 16.0. The number of hydrogen-bond donors (Lipinski definition) is 3. The lowest BCUT2D eigenvalue weighted by molar-refractivity contribution is 0.100. The number of benzene rings is 1. The van der Waals surface area contributed by atoms with Crippen LogP contribution in [0.15, 0.2) is 6.07 Å². The number of nitrogens with one attached hydrogen (secondary N) is 1. The van der Waals surface area contributed by atoms with E-state index in [0.717, 1.165) is 6.07 Å². The van der Waals surface area contributed by atoms with E-state index in [4.69, 9.17) is 23.1 Å². The summed E-state index contributed by atoms with van der Waals surface area (Å²) < 4.78 is 28.5. The van der Waals surface area contributed by atoms with E-state index in [-0.39, 0.29) is 29.2 Å². The summed E-state index contributed by atoms with van der Waals surface area (Å²) in [5.41, 5.74) is 12.3. The Bertz CT molecular complexity index is 782. The number of amides is 1. The summed E-state index contributed by atoms with van der Waals surface area (Å²) in [7, 11) is 0. The maximum Gasteiger partial charge on any atom is 0.250 e. The molecule has 1 aromatic carbocycles. The Morgan fingerprint density at radius 3 is 2.78 bits per heavy atom. The molecule has 0 unspecified atom stereocenters. The third-order valence-corrected chi connectivity index (χ3v) is 4.60. The average Bonchev–Trinajstić information content (AvgIpc) is 2.73. The SMILES string of the molecule is Cc1[nH]c2c(C(N)=O)cc(F)c(N3C[C@@H](N)C[C@@H](F)C3)c2c1Cl. The van der Waals surface area contributed by atoms with E-state index in [2.05, 4.69) is 4.98 Å². The molecule has 2 atom stereocenters. The van der Waals surface area contributed by atoms with E-state index >= 15 is 0 Å². The van der Waals surface area contributed by atoms with E-state index in [1.807, 2.05) is 0 Å². The second kappa shape index (κ2) is 5.65. The minimum Gasteiger partial charge on any atom is -0.366 e. The molecule has 5 nitrogen and oxygen atoms in total. The molecule has 0 bridgehead atoms. The molecule has 2 heterocycles. The van der Waals surface area contributed by atoms with Gasteiger partial charge in [0, 0.05) is 30.2 Å². The largest absolute Gasteiger partial charge is 0.366 e. The molecular formula is C15H17ClF2N4O. The van der Waals surface area contributed by atoms with Crippen molar-refractivity contribution in [3.63, 3.8) is 0 Å². The van der Waals surface area contributed by atoms with Gasteiger partial charge in [0.1, 0.15) is 12.0 Å². The number of carbonyl (C=O) groups excluding carboxylic acids is 1. The number of alkyl halides is 1. The first-order chi connectivity index (χ1) is 10.8. The molecule has 1 amide bonds. The van der Waals surface area contributed by atoms with E-state index < -0.39 is 23.9 Å². The Kier molecular flexibility index (Phi) is 3.93. The van der Waals surface area contributed by atoms with Gasteiger partial charge in [0.2, 0.25) is 0 Å². The molecule has 0 radical (unpaired) electrons. The Balaban J connectivity index is 2.26. The monoisotopic (exact) mass is 342 g/mol. The third kappa shape index (κ3) is 2.64. The van der Waals surface area contributed by atoms with E-state index in [1.54, 1.807) is 11.8 Å². The lowest BCUT2D eigenvalue weighted by Crippen LogP contribution is -2.48. The van der Waals surface area contributed by atoms with Crippen molar-refractivity contribution in [1.82, 2.24) is 4.98 Å². The number of primary amides is 1. The fourth-order valence-corrected chi connectivity index (χ4v) is 3.40. The number of fused-ring (bicyclic) bond motifs is 1. The lowest BCUT2D eigenvalue weighted by atomic mass is 10.0. The molecule has 1 aromatic heterocycles. The highest BCUT2D eigenvalue weighted by Crippen LogP contribution is 2.40. The third-order valence-electron chi connectivity index (χ3n) is 4.13. The summed E-state index contributed by atoms with van der Waals surface area (Å²) in [4.78, 5) is 16.1. The van der Waals surface area contributed by atoms with Gasteiger partial charge in [-0.3, -0.25) is 4.79 Å². The molecule has 124 valence electrons. The van der Waals surface area contributed by atoms with Crippen molar-refractivity contribution in [3.8, 4) is 0 Å². The summed E-state index contributed by atoms with van der Waals surface area (Å²) in [6.07, 6.45) is -0.914. The van der Waals surface area contributed by atoms with Gasteiger partial charge in [-0.15, -0.1) is 0 Å². The first-order valence-electron chi connectivity index (χ1n) is 7.24. The standard InChI is InChI=1S/C15H17ClF2N4O/c1-6-12(16)11-13(21-6)9(15(20)23)3-10(18)14(11)22-4-7(17)2-8(19)5-22/h3,7-8,21H,2,4-5,19H2,1H3,(H2,20,23)/t7-,8+/m1/s1. The van der Waals surface area contributed by atoms with Crippen molar-refractivity contribution < 1.29 is 13.6 Å². The maximum atomic E-state index is 14.7.